The fourth-order valence-electron chi connectivity index (χ4n) is 2.03. The van der Waals surface area contributed by atoms with Crippen molar-refractivity contribution in [1.29, 1.82) is 0 Å². The molecule has 102 valence electrons. The van der Waals surface area contributed by atoms with Gasteiger partial charge in [0.1, 0.15) is 6.54 Å². The van der Waals surface area contributed by atoms with Gasteiger partial charge in [-0.15, -0.1) is 11.3 Å². The SMILES string of the molecule is O=C(Cn1ncc2ccccc21)NCCc1nccs1. The molecule has 1 amide bonds. The lowest BCUT2D eigenvalue weighted by Crippen LogP contribution is -2.29. The van der Waals surface area contributed by atoms with E-state index in [0.29, 0.717) is 6.54 Å². The fourth-order valence-corrected chi connectivity index (χ4v) is 2.65. The molecule has 0 unspecified atom stereocenters. The molecule has 0 atom stereocenters. The van der Waals surface area contributed by atoms with E-state index in [-0.39, 0.29) is 12.5 Å². The Labute approximate surface area is 120 Å². The minimum atomic E-state index is -0.0320. The second-order valence-electron chi connectivity index (χ2n) is 4.39. The number of para-hydroxylation sites is 1. The lowest BCUT2D eigenvalue weighted by molar-refractivity contribution is -0.121. The second kappa shape index (κ2) is 5.83. The number of hydrogen-bond donors (Lipinski definition) is 1. The molecule has 1 aromatic carbocycles. The van der Waals surface area contributed by atoms with E-state index in [1.54, 1.807) is 28.4 Å². The van der Waals surface area contributed by atoms with Crippen LogP contribution in [0.25, 0.3) is 10.9 Å². The summed E-state index contributed by atoms with van der Waals surface area (Å²) in [5.74, 6) is -0.0320. The molecule has 2 heterocycles. The normalized spacial score (nSPS) is 10.8. The number of aromatic nitrogens is 3. The number of carbonyl (C=O) groups excluding carboxylic acids is 1. The van der Waals surface area contributed by atoms with Gasteiger partial charge in [0.25, 0.3) is 0 Å². The van der Waals surface area contributed by atoms with Crippen LogP contribution in [0.2, 0.25) is 0 Å². The van der Waals surface area contributed by atoms with Gasteiger partial charge in [0.15, 0.2) is 0 Å². The Hall–Kier alpha value is -2.21. The monoisotopic (exact) mass is 286 g/mol. The zero-order valence-electron chi connectivity index (χ0n) is 10.8. The first kappa shape index (κ1) is 12.8. The minimum Gasteiger partial charge on any atom is -0.354 e. The summed E-state index contributed by atoms with van der Waals surface area (Å²) in [6, 6.07) is 7.85. The van der Waals surface area contributed by atoms with Crippen LogP contribution in [0.3, 0.4) is 0 Å². The molecule has 0 saturated carbocycles. The molecule has 0 aliphatic carbocycles. The topological polar surface area (TPSA) is 59.8 Å². The highest BCUT2D eigenvalue weighted by molar-refractivity contribution is 7.09. The summed E-state index contributed by atoms with van der Waals surface area (Å²) in [7, 11) is 0. The highest BCUT2D eigenvalue weighted by Crippen LogP contribution is 2.12. The van der Waals surface area contributed by atoms with Crippen LogP contribution >= 0.6 is 11.3 Å². The third kappa shape index (κ3) is 2.85. The molecular formula is C14H14N4OS. The first-order valence-corrected chi connectivity index (χ1v) is 7.26. The highest BCUT2D eigenvalue weighted by Gasteiger charge is 2.07. The van der Waals surface area contributed by atoms with Crippen molar-refractivity contribution >= 4 is 28.1 Å². The van der Waals surface area contributed by atoms with Crippen molar-refractivity contribution in [3.05, 3.63) is 47.0 Å². The predicted molar refractivity (Wildman–Crippen MR) is 78.6 cm³/mol. The van der Waals surface area contributed by atoms with Crippen LogP contribution in [0.5, 0.6) is 0 Å². The van der Waals surface area contributed by atoms with Crippen LogP contribution in [0.15, 0.2) is 42.0 Å². The number of fused-ring (bicyclic) bond motifs is 1. The van der Waals surface area contributed by atoms with Crippen LogP contribution < -0.4 is 5.32 Å². The molecule has 0 radical (unpaired) electrons. The van der Waals surface area contributed by atoms with Gasteiger partial charge >= 0.3 is 0 Å². The van der Waals surface area contributed by atoms with E-state index in [1.807, 2.05) is 29.6 Å². The van der Waals surface area contributed by atoms with Gasteiger partial charge in [-0.25, -0.2) is 4.98 Å². The maximum Gasteiger partial charge on any atom is 0.241 e. The summed E-state index contributed by atoms with van der Waals surface area (Å²) in [5.41, 5.74) is 0.975. The molecule has 0 aliphatic heterocycles. The van der Waals surface area contributed by atoms with E-state index in [4.69, 9.17) is 0 Å². The van der Waals surface area contributed by atoms with Crippen LogP contribution in [0.4, 0.5) is 0 Å². The fraction of sp³-hybridized carbons (Fsp3) is 0.214. The Bertz CT molecular complexity index is 705. The van der Waals surface area contributed by atoms with Gasteiger partial charge in [-0.05, 0) is 6.07 Å². The number of amides is 1. The van der Waals surface area contributed by atoms with Gasteiger partial charge in [-0.1, -0.05) is 18.2 Å². The number of hydrogen-bond acceptors (Lipinski definition) is 4. The molecule has 20 heavy (non-hydrogen) atoms. The molecule has 1 N–H and O–H groups in total. The molecule has 5 nitrogen and oxygen atoms in total. The summed E-state index contributed by atoms with van der Waals surface area (Å²) in [4.78, 5) is 16.1. The molecule has 0 aliphatic rings. The van der Waals surface area contributed by atoms with Crippen molar-refractivity contribution in [2.75, 3.05) is 6.54 Å². The Morgan fingerprint density at radius 3 is 3.10 bits per heavy atom. The smallest absolute Gasteiger partial charge is 0.241 e. The molecule has 2 aromatic heterocycles. The van der Waals surface area contributed by atoms with Crippen LogP contribution in [0.1, 0.15) is 5.01 Å². The third-order valence-corrected chi connectivity index (χ3v) is 3.83. The molecule has 3 aromatic rings. The summed E-state index contributed by atoms with van der Waals surface area (Å²) >= 11 is 1.60. The van der Waals surface area contributed by atoms with Gasteiger partial charge in [0.2, 0.25) is 5.91 Å². The van der Waals surface area contributed by atoms with Crippen LogP contribution in [-0.2, 0) is 17.8 Å². The van der Waals surface area contributed by atoms with Crippen LogP contribution in [0, 0.1) is 0 Å². The average Bonchev–Trinajstić information content (AvgIpc) is 3.09. The van der Waals surface area contributed by atoms with Crippen LogP contribution in [-0.4, -0.2) is 27.2 Å². The van der Waals surface area contributed by atoms with Crippen molar-refractivity contribution in [3.63, 3.8) is 0 Å². The standard InChI is InChI=1S/C14H14N4OS/c19-13(15-6-5-14-16-7-8-20-14)10-18-12-4-2-1-3-11(12)9-17-18/h1-4,7-9H,5-6,10H2,(H,15,19). The number of benzene rings is 1. The zero-order chi connectivity index (χ0) is 13.8. The first-order valence-electron chi connectivity index (χ1n) is 6.38. The second-order valence-corrected chi connectivity index (χ2v) is 5.37. The number of nitrogens with one attached hydrogen (secondary N) is 1. The summed E-state index contributed by atoms with van der Waals surface area (Å²) in [5, 5.41) is 11.1. The van der Waals surface area contributed by atoms with Gasteiger partial charge < -0.3 is 5.32 Å². The van der Waals surface area contributed by atoms with E-state index in [9.17, 15) is 4.79 Å². The largest absolute Gasteiger partial charge is 0.354 e. The van der Waals surface area contributed by atoms with Crippen molar-refractivity contribution in [2.24, 2.45) is 0 Å². The van der Waals surface area contributed by atoms with E-state index in [2.05, 4.69) is 15.4 Å². The molecule has 0 spiro atoms. The van der Waals surface area contributed by atoms with Crippen molar-refractivity contribution in [3.8, 4) is 0 Å². The summed E-state index contributed by atoms with van der Waals surface area (Å²) in [6.07, 6.45) is 4.32. The maximum absolute atomic E-state index is 11.9. The average molecular weight is 286 g/mol. The maximum atomic E-state index is 11.9. The summed E-state index contributed by atoms with van der Waals surface area (Å²) in [6.45, 7) is 0.844. The first-order chi connectivity index (χ1) is 9.83. The highest BCUT2D eigenvalue weighted by atomic mass is 32.1. The Morgan fingerprint density at radius 1 is 1.35 bits per heavy atom. The van der Waals surface area contributed by atoms with Crippen molar-refractivity contribution in [2.45, 2.75) is 13.0 Å². The van der Waals surface area contributed by atoms with Gasteiger partial charge in [0.05, 0.1) is 16.7 Å². The molecule has 0 bridgehead atoms. The number of nitrogens with zero attached hydrogens (tertiary/aromatic N) is 3. The number of carbonyl (C=O) groups is 1. The lowest BCUT2D eigenvalue weighted by atomic mass is 10.2. The van der Waals surface area contributed by atoms with E-state index >= 15 is 0 Å². The van der Waals surface area contributed by atoms with Gasteiger partial charge in [-0.2, -0.15) is 5.10 Å². The third-order valence-electron chi connectivity index (χ3n) is 2.99. The quantitative estimate of drug-likeness (QED) is 0.778. The van der Waals surface area contributed by atoms with E-state index in [1.165, 1.54) is 0 Å². The van der Waals surface area contributed by atoms with Gasteiger partial charge in [0, 0.05) is 29.9 Å². The number of rotatable bonds is 5. The van der Waals surface area contributed by atoms with Gasteiger partial charge in [-0.3, -0.25) is 9.48 Å². The Kier molecular flexibility index (Phi) is 3.73. The van der Waals surface area contributed by atoms with Crippen molar-refractivity contribution < 1.29 is 4.79 Å². The summed E-state index contributed by atoms with van der Waals surface area (Å²) < 4.78 is 1.72. The van der Waals surface area contributed by atoms with E-state index in [0.717, 1.165) is 22.3 Å². The molecule has 0 fully saturated rings. The zero-order valence-corrected chi connectivity index (χ0v) is 11.6. The Morgan fingerprint density at radius 2 is 2.25 bits per heavy atom. The predicted octanol–water partition coefficient (Wildman–Crippen LogP) is 1.85. The molecule has 0 saturated heterocycles. The number of thiazole rings is 1. The molecular weight excluding hydrogens is 272 g/mol. The Balaban J connectivity index is 1.56. The molecule has 6 heteroatoms. The van der Waals surface area contributed by atoms with E-state index < -0.39 is 0 Å². The van der Waals surface area contributed by atoms with Crippen molar-refractivity contribution in [1.82, 2.24) is 20.1 Å². The minimum absolute atomic E-state index is 0.0320. The molecule has 3 rings (SSSR count). The lowest BCUT2D eigenvalue weighted by Gasteiger charge is -2.05.